The minimum absolute atomic E-state index is 0.563. The van der Waals surface area contributed by atoms with Gasteiger partial charge in [0.2, 0.25) is 0 Å². The Labute approximate surface area is 125 Å². The van der Waals surface area contributed by atoms with Crippen LogP contribution in [0.4, 0.5) is 0 Å². The molecule has 20 heavy (non-hydrogen) atoms. The lowest BCUT2D eigenvalue weighted by atomic mass is 10.1. The lowest BCUT2D eigenvalue weighted by molar-refractivity contribution is 0.304. The van der Waals surface area contributed by atoms with Crippen LogP contribution >= 0.6 is 11.6 Å². The van der Waals surface area contributed by atoms with E-state index in [0.29, 0.717) is 11.6 Å². The molecule has 0 aromatic heterocycles. The molecule has 3 heteroatoms. The van der Waals surface area contributed by atoms with E-state index in [4.69, 9.17) is 16.3 Å². The molecule has 0 aliphatic carbocycles. The first-order valence-electron chi connectivity index (χ1n) is 6.80. The van der Waals surface area contributed by atoms with E-state index >= 15 is 0 Å². The lowest BCUT2D eigenvalue weighted by Crippen LogP contribution is -2.10. The normalized spacial score (nSPS) is 10.6. The van der Waals surface area contributed by atoms with Crippen LogP contribution in [-0.4, -0.2) is 13.6 Å². The molecule has 0 unspecified atom stereocenters. The van der Waals surface area contributed by atoms with Crippen LogP contribution in [0.5, 0.6) is 5.75 Å². The molecule has 106 valence electrons. The fourth-order valence-electron chi connectivity index (χ4n) is 1.96. The van der Waals surface area contributed by atoms with Crippen LogP contribution in [0.1, 0.15) is 16.7 Å². The molecule has 0 heterocycles. The predicted molar refractivity (Wildman–Crippen MR) is 84.6 cm³/mol. The van der Waals surface area contributed by atoms with Crippen molar-refractivity contribution in [3.8, 4) is 5.75 Å². The summed E-state index contributed by atoms with van der Waals surface area (Å²) in [6, 6.07) is 14.2. The highest BCUT2D eigenvalue weighted by molar-refractivity contribution is 6.30. The summed E-state index contributed by atoms with van der Waals surface area (Å²) < 4.78 is 5.83. The van der Waals surface area contributed by atoms with E-state index in [1.54, 1.807) is 0 Å². The molecule has 0 radical (unpaired) electrons. The van der Waals surface area contributed by atoms with Gasteiger partial charge in [0.1, 0.15) is 12.4 Å². The van der Waals surface area contributed by atoms with Crippen molar-refractivity contribution in [2.75, 3.05) is 13.6 Å². The van der Waals surface area contributed by atoms with Gasteiger partial charge < -0.3 is 10.1 Å². The van der Waals surface area contributed by atoms with Crippen LogP contribution in [0.25, 0.3) is 0 Å². The molecule has 0 bridgehead atoms. The molecule has 2 nitrogen and oxygen atoms in total. The van der Waals surface area contributed by atoms with Crippen LogP contribution in [0.3, 0.4) is 0 Å². The third kappa shape index (κ3) is 4.26. The Morgan fingerprint density at radius 1 is 1.05 bits per heavy atom. The van der Waals surface area contributed by atoms with Crippen molar-refractivity contribution in [2.24, 2.45) is 0 Å². The second-order valence-corrected chi connectivity index (χ2v) is 5.30. The maximum Gasteiger partial charge on any atom is 0.124 e. The fraction of sp³-hybridized carbons (Fsp3) is 0.294. The Kier molecular flexibility index (Phi) is 5.45. The SMILES string of the molecule is CNCCc1ccc(COc2cc(Cl)ccc2C)cc1. The topological polar surface area (TPSA) is 21.3 Å². The van der Waals surface area contributed by atoms with Crippen molar-refractivity contribution in [1.82, 2.24) is 5.32 Å². The van der Waals surface area contributed by atoms with E-state index in [-0.39, 0.29) is 0 Å². The zero-order valence-electron chi connectivity index (χ0n) is 11.9. The second kappa shape index (κ2) is 7.32. The first-order valence-corrected chi connectivity index (χ1v) is 7.18. The quantitative estimate of drug-likeness (QED) is 0.868. The maximum absolute atomic E-state index is 5.98. The summed E-state index contributed by atoms with van der Waals surface area (Å²) in [5.74, 6) is 0.844. The number of hydrogen-bond donors (Lipinski definition) is 1. The molecule has 0 atom stereocenters. The minimum Gasteiger partial charge on any atom is -0.489 e. The van der Waals surface area contributed by atoms with Crippen LogP contribution < -0.4 is 10.1 Å². The van der Waals surface area contributed by atoms with Crippen LogP contribution in [0, 0.1) is 6.92 Å². The molecule has 0 saturated heterocycles. The maximum atomic E-state index is 5.98. The number of likely N-dealkylation sites (N-methyl/N-ethyl adjacent to an activating group) is 1. The second-order valence-electron chi connectivity index (χ2n) is 4.87. The molecule has 0 saturated carbocycles. The van der Waals surface area contributed by atoms with Crippen molar-refractivity contribution in [1.29, 1.82) is 0 Å². The van der Waals surface area contributed by atoms with E-state index in [9.17, 15) is 0 Å². The van der Waals surface area contributed by atoms with Gasteiger partial charge in [-0.15, -0.1) is 0 Å². The Morgan fingerprint density at radius 2 is 1.75 bits per heavy atom. The summed E-state index contributed by atoms with van der Waals surface area (Å²) >= 11 is 5.98. The van der Waals surface area contributed by atoms with Crippen molar-refractivity contribution in [3.63, 3.8) is 0 Å². The van der Waals surface area contributed by atoms with E-state index in [1.165, 1.54) is 5.56 Å². The fourth-order valence-corrected chi connectivity index (χ4v) is 2.12. The first-order chi connectivity index (χ1) is 9.69. The summed E-state index contributed by atoms with van der Waals surface area (Å²) in [7, 11) is 1.97. The highest BCUT2D eigenvalue weighted by atomic mass is 35.5. The average Bonchev–Trinajstić information content (AvgIpc) is 2.47. The van der Waals surface area contributed by atoms with Gasteiger partial charge in [0.15, 0.2) is 0 Å². The van der Waals surface area contributed by atoms with E-state index in [2.05, 4.69) is 29.6 Å². The van der Waals surface area contributed by atoms with Crippen molar-refractivity contribution < 1.29 is 4.74 Å². The first kappa shape index (κ1) is 14.9. The van der Waals surface area contributed by atoms with Gasteiger partial charge in [0.25, 0.3) is 0 Å². The van der Waals surface area contributed by atoms with Gasteiger partial charge >= 0.3 is 0 Å². The summed E-state index contributed by atoms with van der Waals surface area (Å²) in [5.41, 5.74) is 3.60. The van der Waals surface area contributed by atoms with Gasteiger partial charge in [-0.1, -0.05) is 41.9 Å². The highest BCUT2D eigenvalue weighted by Gasteiger charge is 2.02. The molecule has 0 aliphatic heterocycles. The number of benzene rings is 2. The number of halogens is 1. The van der Waals surface area contributed by atoms with Gasteiger partial charge in [0.05, 0.1) is 0 Å². The monoisotopic (exact) mass is 289 g/mol. The van der Waals surface area contributed by atoms with Gasteiger partial charge in [-0.3, -0.25) is 0 Å². The largest absolute Gasteiger partial charge is 0.489 e. The van der Waals surface area contributed by atoms with Crippen molar-refractivity contribution >= 4 is 11.6 Å². The summed E-state index contributed by atoms with van der Waals surface area (Å²) in [5, 5.41) is 3.85. The summed E-state index contributed by atoms with van der Waals surface area (Å²) in [6.45, 7) is 3.58. The Hall–Kier alpha value is -1.51. The smallest absolute Gasteiger partial charge is 0.124 e. The number of rotatable bonds is 6. The minimum atomic E-state index is 0.563. The molecule has 0 spiro atoms. The van der Waals surface area contributed by atoms with Crippen molar-refractivity contribution in [2.45, 2.75) is 20.0 Å². The standard InChI is InChI=1S/C17H20ClNO/c1-13-3-8-16(18)11-17(13)20-12-15-6-4-14(5-7-15)9-10-19-2/h3-8,11,19H,9-10,12H2,1-2H3. The summed E-state index contributed by atoms with van der Waals surface area (Å²) in [6.07, 6.45) is 1.05. The highest BCUT2D eigenvalue weighted by Crippen LogP contribution is 2.23. The molecule has 1 N–H and O–H groups in total. The zero-order valence-corrected chi connectivity index (χ0v) is 12.7. The zero-order chi connectivity index (χ0) is 14.4. The number of nitrogens with one attached hydrogen (secondary N) is 1. The molecular formula is C17H20ClNO. The lowest BCUT2D eigenvalue weighted by Gasteiger charge is -2.10. The molecule has 0 fully saturated rings. The number of hydrogen-bond acceptors (Lipinski definition) is 2. The number of ether oxygens (including phenoxy) is 1. The molecule has 2 rings (SSSR count). The molecule has 0 aliphatic rings. The third-order valence-electron chi connectivity index (χ3n) is 3.23. The molecular weight excluding hydrogens is 270 g/mol. The van der Waals surface area contributed by atoms with Crippen LogP contribution in [-0.2, 0) is 13.0 Å². The Bertz CT molecular complexity index is 551. The molecule has 2 aromatic rings. The Balaban J connectivity index is 1.95. The Morgan fingerprint density at radius 3 is 2.45 bits per heavy atom. The molecule has 0 amide bonds. The summed E-state index contributed by atoms with van der Waals surface area (Å²) in [4.78, 5) is 0. The van der Waals surface area contributed by atoms with Gasteiger partial charge in [-0.2, -0.15) is 0 Å². The molecule has 2 aromatic carbocycles. The average molecular weight is 290 g/mol. The predicted octanol–water partition coefficient (Wildman–Crippen LogP) is 3.99. The van der Waals surface area contributed by atoms with Gasteiger partial charge in [-0.05, 0) is 55.8 Å². The van der Waals surface area contributed by atoms with Gasteiger partial charge in [-0.25, -0.2) is 0 Å². The third-order valence-corrected chi connectivity index (χ3v) is 3.47. The van der Waals surface area contributed by atoms with E-state index in [0.717, 1.165) is 29.8 Å². The number of aryl methyl sites for hydroxylation is 1. The van der Waals surface area contributed by atoms with Crippen LogP contribution in [0.2, 0.25) is 5.02 Å². The van der Waals surface area contributed by atoms with Gasteiger partial charge in [0, 0.05) is 5.02 Å². The van der Waals surface area contributed by atoms with Crippen LogP contribution in [0.15, 0.2) is 42.5 Å². The van der Waals surface area contributed by atoms with Crippen molar-refractivity contribution in [3.05, 3.63) is 64.2 Å². The van der Waals surface area contributed by atoms with E-state index in [1.807, 2.05) is 32.2 Å². The van der Waals surface area contributed by atoms with E-state index < -0.39 is 0 Å².